The molecule has 0 radical (unpaired) electrons. The smallest absolute Gasteiger partial charge is 0.414 e. The average molecular weight is 355 g/mol. The van der Waals surface area contributed by atoms with Crippen LogP contribution in [0.4, 0.5) is 0 Å². The molecule has 25 heavy (non-hydrogen) atoms. The predicted molar refractivity (Wildman–Crippen MR) is 95.4 cm³/mol. The summed E-state index contributed by atoms with van der Waals surface area (Å²) in [5.74, 6) is -2.65. The van der Waals surface area contributed by atoms with Gasteiger partial charge in [-0.05, 0) is 29.5 Å². The number of hydrogen-bond acceptors (Lipinski definition) is 5. The summed E-state index contributed by atoms with van der Waals surface area (Å²) < 4.78 is 10.9. The van der Waals surface area contributed by atoms with Gasteiger partial charge in [0.2, 0.25) is 0 Å². The topological polar surface area (TPSA) is 105 Å². The van der Waals surface area contributed by atoms with Crippen molar-refractivity contribution in [2.24, 2.45) is 0 Å². The SMILES string of the molecule is COCCNCCOc1cc(C)ccc1C(C)(C)C.O=C(O)C(=O)O. The third kappa shape index (κ3) is 10.4. The highest BCUT2D eigenvalue weighted by Crippen LogP contribution is 2.31. The number of rotatable bonds is 7. The highest BCUT2D eigenvalue weighted by atomic mass is 16.5. The second-order valence-corrected chi connectivity index (χ2v) is 6.45. The molecule has 0 heterocycles. The van der Waals surface area contributed by atoms with E-state index in [1.165, 1.54) is 11.1 Å². The maximum absolute atomic E-state index is 9.10. The zero-order chi connectivity index (χ0) is 19.5. The standard InChI is InChI=1S/C16H27NO2.C2H2O4/c1-13-6-7-14(16(2,3)4)15(12-13)19-11-9-17-8-10-18-5;3-1(4)2(5)6/h6-7,12,17H,8-11H2,1-5H3;(H,3,4)(H,5,6). The maximum Gasteiger partial charge on any atom is 0.414 e. The van der Waals surface area contributed by atoms with Crippen LogP contribution in [-0.4, -0.2) is 55.6 Å². The molecule has 0 saturated carbocycles. The average Bonchev–Trinajstić information content (AvgIpc) is 2.50. The van der Waals surface area contributed by atoms with Gasteiger partial charge < -0.3 is 25.0 Å². The van der Waals surface area contributed by atoms with Crippen molar-refractivity contribution in [3.63, 3.8) is 0 Å². The molecule has 7 nitrogen and oxygen atoms in total. The van der Waals surface area contributed by atoms with Crippen LogP contribution in [0.1, 0.15) is 31.9 Å². The molecule has 142 valence electrons. The number of aryl methyl sites for hydroxylation is 1. The molecular formula is C18H29NO6. The Kier molecular flexibility index (Phi) is 10.5. The van der Waals surface area contributed by atoms with Gasteiger partial charge in [-0.25, -0.2) is 9.59 Å². The Hall–Kier alpha value is -2.12. The van der Waals surface area contributed by atoms with Crippen LogP contribution in [0.3, 0.4) is 0 Å². The van der Waals surface area contributed by atoms with Crippen molar-refractivity contribution < 1.29 is 29.3 Å². The van der Waals surface area contributed by atoms with Gasteiger partial charge in [-0.15, -0.1) is 0 Å². The van der Waals surface area contributed by atoms with E-state index >= 15 is 0 Å². The first-order chi connectivity index (χ1) is 11.6. The molecule has 1 rings (SSSR count). The molecular weight excluding hydrogens is 326 g/mol. The predicted octanol–water partition coefficient (Wildman–Crippen LogP) is 2.06. The molecule has 0 amide bonds. The number of carboxylic acids is 2. The van der Waals surface area contributed by atoms with Crippen molar-refractivity contribution in [1.29, 1.82) is 0 Å². The van der Waals surface area contributed by atoms with E-state index in [0.29, 0.717) is 6.61 Å². The van der Waals surface area contributed by atoms with E-state index in [1.807, 2.05) is 0 Å². The number of methoxy groups -OCH3 is 1. The second-order valence-electron chi connectivity index (χ2n) is 6.45. The molecule has 0 atom stereocenters. The summed E-state index contributed by atoms with van der Waals surface area (Å²) in [5.41, 5.74) is 2.59. The molecule has 0 fully saturated rings. The van der Waals surface area contributed by atoms with Crippen molar-refractivity contribution in [3.05, 3.63) is 29.3 Å². The summed E-state index contributed by atoms with van der Waals surface area (Å²) >= 11 is 0. The van der Waals surface area contributed by atoms with Crippen molar-refractivity contribution in [3.8, 4) is 5.75 Å². The van der Waals surface area contributed by atoms with Crippen LogP contribution in [0.5, 0.6) is 5.75 Å². The minimum absolute atomic E-state index is 0.104. The highest BCUT2D eigenvalue weighted by Gasteiger charge is 2.18. The molecule has 1 aromatic rings. The van der Waals surface area contributed by atoms with Gasteiger partial charge in [0, 0.05) is 20.2 Å². The molecule has 0 aliphatic heterocycles. The Morgan fingerprint density at radius 1 is 1.08 bits per heavy atom. The quantitative estimate of drug-likeness (QED) is 0.508. The lowest BCUT2D eigenvalue weighted by molar-refractivity contribution is -0.159. The summed E-state index contributed by atoms with van der Waals surface area (Å²) in [5, 5.41) is 18.1. The lowest BCUT2D eigenvalue weighted by Gasteiger charge is -2.23. The van der Waals surface area contributed by atoms with Crippen molar-refractivity contribution in [1.82, 2.24) is 5.32 Å². The first kappa shape index (κ1) is 22.9. The zero-order valence-corrected chi connectivity index (χ0v) is 15.6. The monoisotopic (exact) mass is 355 g/mol. The molecule has 0 aliphatic rings. The van der Waals surface area contributed by atoms with Crippen LogP contribution >= 0.6 is 0 Å². The van der Waals surface area contributed by atoms with E-state index in [4.69, 9.17) is 29.3 Å². The number of aliphatic carboxylic acids is 2. The number of benzene rings is 1. The number of hydrogen-bond donors (Lipinski definition) is 3. The van der Waals surface area contributed by atoms with Gasteiger partial charge in [0.05, 0.1) is 6.61 Å². The van der Waals surface area contributed by atoms with E-state index in [1.54, 1.807) is 7.11 Å². The van der Waals surface area contributed by atoms with Gasteiger partial charge >= 0.3 is 11.9 Å². The number of carboxylic acid groups (broad SMARTS) is 2. The van der Waals surface area contributed by atoms with Gasteiger partial charge in [-0.3, -0.25) is 0 Å². The lowest BCUT2D eigenvalue weighted by Crippen LogP contribution is -2.25. The minimum atomic E-state index is -1.82. The Balaban J connectivity index is 0.000000823. The minimum Gasteiger partial charge on any atom is -0.492 e. The Morgan fingerprint density at radius 3 is 2.12 bits per heavy atom. The zero-order valence-electron chi connectivity index (χ0n) is 15.6. The van der Waals surface area contributed by atoms with Crippen LogP contribution in [0.25, 0.3) is 0 Å². The van der Waals surface area contributed by atoms with Gasteiger partial charge in [0.25, 0.3) is 0 Å². The van der Waals surface area contributed by atoms with Crippen LogP contribution < -0.4 is 10.1 Å². The van der Waals surface area contributed by atoms with Crippen molar-refractivity contribution >= 4 is 11.9 Å². The molecule has 0 unspecified atom stereocenters. The largest absolute Gasteiger partial charge is 0.492 e. The Bertz CT molecular complexity index is 539. The normalized spacial score (nSPS) is 10.6. The first-order valence-corrected chi connectivity index (χ1v) is 7.99. The summed E-state index contributed by atoms with van der Waals surface area (Å²) in [6, 6.07) is 6.43. The fourth-order valence-corrected chi connectivity index (χ4v) is 1.90. The van der Waals surface area contributed by atoms with Gasteiger partial charge in [-0.1, -0.05) is 32.9 Å². The molecule has 0 bridgehead atoms. The van der Waals surface area contributed by atoms with E-state index in [0.717, 1.165) is 25.4 Å². The van der Waals surface area contributed by atoms with Gasteiger partial charge in [0.15, 0.2) is 0 Å². The molecule has 0 aliphatic carbocycles. The van der Waals surface area contributed by atoms with E-state index in [9.17, 15) is 0 Å². The second kappa shape index (κ2) is 11.4. The molecule has 0 saturated heterocycles. The van der Waals surface area contributed by atoms with Crippen molar-refractivity contribution in [2.75, 3.05) is 33.4 Å². The van der Waals surface area contributed by atoms with Crippen LogP contribution in [0.15, 0.2) is 18.2 Å². The molecule has 0 aromatic heterocycles. The third-order valence-corrected chi connectivity index (χ3v) is 3.15. The summed E-state index contributed by atoms with van der Waals surface area (Å²) in [7, 11) is 1.71. The third-order valence-electron chi connectivity index (χ3n) is 3.15. The Morgan fingerprint density at radius 2 is 1.64 bits per heavy atom. The first-order valence-electron chi connectivity index (χ1n) is 7.99. The molecule has 3 N–H and O–H groups in total. The van der Waals surface area contributed by atoms with E-state index < -0.39 is 11.9 Å². The van der Waals surface area contributed by atoms with E-state index in [2.05, 4.69) is 51.2 Å². The van der Waals surface area contributed by atoms with Gasteiger partial charge in [-0.2, -0.15) is 0 Å². The molecule has 0 spiro atoms. The van der Waals surface area contributed by atoms with E-state index in [-0.39, 0.29) is 5.41 Å². The fourth-order valence-electron chi connectivity index (χ4n) is 1.90. The maximum atomic E-state index is 9.10. The summed E-state index contributed by atoms with van der Waals surface area (Å²) in [6.07, 6.45) is 0. The number of ether oxygens (including phenoxy) is 2. The number of nitrogens with one attached hydrogen (secondary N) is 1. The van der Waals surface area contributed by atoms with Gasteiger partial charge in [0.1, 0.15) is 12.4 Å². The summed E-state index contributed by atoms with van der Waals surface area (Å²) in [6.45, 7) is 11.8. The summed E-state index contributed by atoms with van der Waals surface area (Å²) in [4.78, 5) is 18.2. The van der Waals surface area contributed by atoms with Crippen LogP contribution in [0.2, 0.25) is 0 Å². The molecule has 7 heteroatoms. The Labute approximate surface area is 149 Å². The highest BCUT2D eigenvalue weighted by molar-refractivity contribution is 6.27. The van der Waals surface area contributed by atoms with Crippen LogP contribution in [-0.2, 0) is 19.7 Å². The lowest BCUT2D eigenvalue weighted by atomic mass is 9.86. The van der Waals surface area contributed by atoms with Crippen LogP contribution in [0, 0.1) is 6.92 Å². The molecule has 1 aromatic carbocycles. The fraction of sp³-hybridized carbons (Fsp3) is 0.556. The van der Waals surface area contributed by atoms with Crippen molar-refractivity contribution in [2.45, 2.75) is 33.1 Å². The number of carbonyl (C=O) groups is 2.